The molecule has 1 aliphatic rings. The first kappa shape index (κ1) is 11.8. The first-order valence-corrected chi connectivity index (χ1v) is 4.14. The number of hydrogen-bond acceptors (Lipinski definition) is 4. The van der Waals surface area contributed by atoms with Crippen molar-refractivity contribution in [2.75, 3.05) is 40.6 Å². The lowest BCUT2D eigenvalue weighted by Gasteiger charge is -2.07. The van der Waals surface area contributed by atoms with Gasteiger partial charge in [-0.05, 0) is 12.8 Å². The lowest BCUT2D eigenvalue weighted by molar-refractivity contribution is -0.312. The Bertz CT molecular complexity index is 57.9. The second-order valence-corrected chi connectivity index (χ2v) is 2.34. The van der Waals surface area contributed by atoms with Crippen molar-refractivity contribution in [3.05, 3.63) is 0 Å². The van der Waals surface area contributed by atoms with Crippen molar-refractivity contribution in [2.45, 2.75) is 12.8 Å². The van der Waals surface area contributed by atoms with Gasteiger partial charge >= 0.3 is 0 Å². The number of ether oxygens (including phenoxy) is 2. The molecule has 0 radical (unpaired) electrons. The molecule has 0 aromatic carbocycles. The molecular formula is C8H18O4. The van der Waals surface area contributed by atoms with Crippen molar-refractivity contribution < 1.29 is 19.2 Å². The molecule has 0 aliphatic carbocycles. The summed E-state index contributed by atoms with van der Waals surface area (Å²) >= 11 is 0. The van der Waals surface area contributed by atoms with Crippen molar-refractivity contribution in [2.24, 2.45) is 0 Å². The maximum absolute atomic E-state index is 4.66. The molecule has 0 unspecified atom stereocenters. The molecule has 0 aromatic heterocycles. The molecule has 0 aromatic rings. The van der Waals surface area contributed by atoms with Gasteiger partial charge in [0.25, 0.3) is 0 Å². The number of methoxy groups -OCH3 is 2. The van der Waals surface area contributed by atoms with E-state index in [-0.39, 0.29) is 0 Å². The largest absolute Gasteiger partial charge is 0.382 e. The van der Waals surface area contributed by atoms with Gasteiger partial charge in [-0.25, -0.2) is 9.78 Å². The van der Waals surface area contributed by atoms with Crippen LogP contribution in [0.25, 0.3) is 0 Å². The maximum atomic E-state index is 4.66. The summed E-state index contributed by atoms with van der Waals surface area (Å²) < 4.78 is 9.31. The Balaban J connectivity index is 0.000000202. The smallest absolute Gasteiger partial charge is 0.0823 e. The lowest BCUT2D eigenvalue weighted by atomic mass is 10.3. The molecule has 0 bridgehead atoms. The fourth-order valence-electron chi connectivity index (χ4n) is 0.606. The zero-order valence-electron chi connectivity index (χ0n) is 7.88. The fourth-order valence-corrected chi connectivity index (χ4v) is 0.606. The first-order valence-electron chi connectivity index (χ1n) is 4.14. The van der Waals surface area contributed by atoms with E-state index in [0.29, 0.717) is 13.2 Å². The summed E-state index contributed by atoms with van der Waals surface area (Å²) in [7, 11) is 3.30. The SMILES string of the molecule is C1CCOOC1.COCCOC. The van der Waals surface area contributed by atoms with Crippen LogP contribution < -0.4 is 0 Å². The van der Waals surface area contributed by atoms with E-state index in [4.69, 9.17) is 0 Å². The monoisotopic (exact) mass is 178 g/mol. The zero-order chi connectivity index (χ0) is 9.07. The van der Waals surface area contributed by atoms with Crippen LogP contribution in [0.4, 0.5) is 0 Å². The zero-order valence-corrected chi connectivity index (χ0v) is 7.88. The Morgan fingerprint density at radius 1 is 0.917 bits per heavy atom. The minimum Gasteiger partial charge on any atom is -0.382 e. The summed E-state index contributed by atoms with van der Waals surface area (Å²) in [6.45, 7) is 2.94. The Morgan fingerprint density at radius 2 is 1.33 bits per heavy atom. The Labute approximate surface area is 73.7 Å². The minimum absolute atomic E-state index is 0.691. The van der Waals surface area contributed by atoms with Gasteiger partial charge in [-0.1, -0.05) is 0 Å². The van der Waals surface area contributed by atoms with E-state index < -0.39 is 0 Å². The quantitative estimate of drug-likeness (QED) is 0.477. The average molecular weight is 178 g/mol. The normalized spacial score (nSPS) is 16.5. The molecule has 1 fully saturated rings. The van der Waals surface area contributed by atoms with Crippen LogP contribution in [0.1, 0.15) is 12.8 Å². The Morgan fingerprint density at radius 3 is 1.50 bits per heavy atom. The second-order valence-electron chi connectivity index (χ2n) is 2.34. The molecule has 1 heterocycles. The molecule has 0 spiro atoms. The summed E-state index contributed by atoms with van der Waals surface area (Å²) in [4.78, 5) is 9.14. The van der Waals surface area contributed by atoms with Crippen LogP contribution in [0.15, 0.2) is 0 Å². The molecule has 0 atom stereocenters. The summed E-state index contributed by atoms with van der Waals surface area (Å²) in [6, 6.07) is 0. The van der Waals surface area contributed by atoms with Crippen LogP contribution in [0.2, 0.25) is 0 Å². The summed E-state index contributed by atoms with van der Waals surface area (Å²) in [5.41, 5.74) is 0. The standard InChI is InChI=1S/C4H8O2.C4H10O2/c1-2-4-6-5-3-1;1-5-3-4-6-2/h1-4H2;3-4H2,1-2H3. The molecule has 1 saturated heterocycles. The molecule has 0 amide bonds. The average Bonchev–Trinajstić information content (AvgIpc) is 2.18. The first-order chi connectivity index (χ1) is 5.91. The van der Waals surface area contributed by atoms with E-state index in [1.807, 2.05) is 0 Å². The van der Waals surface area contributed by atoms with Gasteiger partial charge in [-0.15, -0.1) is 0 Å². The van der Waals surface area contributed by atoms with Gasteiger partial charge in [0.2, 0.25) is 0 Å². The van der Waals surface area contributed by atoms with Gasteiger partial charge in [-0.3, -0.25) is 0 Å². The van der Waals surface area contributed by atoms with Crippen LogP contribution in [0.3, 0.4) is 0 Å². The van der Waals surface area contributed by atoms with E-state index in [1.54, 1.807) is 14.2 Å². The van der Waals surface area contributed by atoms with Gasteiger partial charge < -0.3 is 9.47 Å². The highest BCUT2D eigenvalue weighted by Gasteiger charge is 1.95. The number of rotatable bonds is 3. The van der Waals surface area contributed by atoms with Crippen LogP contribution in [-0.4, -0.2) is 40.6 Å². The van der Waals surface area contributed by atoms with E-state index in [1.165, 1.54) is 0 Å². The molecule has 0 N–H and O–H groups in total. The summed E-state index contributed by atoms with van der Waals surface area (Å²) in [6.07, 6.45) is 2.31. The highest BCUT2D eigenvalue weighted by Crippen LogP contribution is 1.97. The van der Waals surface area contributed by atoms with Crippen molar-refractivity contribution in [3.8, 4) is 0 Å². The highest BCUT2D eigenvalue weighted by molar-refractivity contribution is 4.36. The van der Waals surface area contributed by atoms with Crippen LogP contribution >= 0.6 is 0 Å². The van der Waals surface area contributed by atoms with E-state index in [2.05, 4.69) is 19.2 Å². The topological polar surface area (TPSA) is 36.9 Å². The predicted molar refractivity (Wildman–Crippen MR) is 44.9 cm³/mol. The van der Waals surface area contributed by atoms with Crippen LogP contribution in [0, 0.1) is 0 Å². The van der Waals surface area contributed by atoms with Gasteiger partial charge in [0.05, 0.1) is 26.4 Å². The van der Waals surface area contributed by atoms with Gasteiger partial charge in [0, 0.05) is 14.2 Å². The molecule has 0 saturated carbocycles. The van der Waals surface area contributed by atoms with E-state index in [9.17, 15) is 0 Å². The second kappa shape index (κ2) is 10.8. The van der Waals surface area contributed by atoms with E-state index >= 15 is 0 Å². The fraction of sp³-hybridized carbons (Fsp3) is 1.00. The number of hydrogen-bond donors (Lipinski definition) is 0. The van der Waals surface area contributed by atoms with Crippen molar-refractivity contribution in [1.29, 1.82) is 0 Å². The van der Waals surface area contributed by atoms with Gasteiger partial charge in [0.15, 0.2) is 0 Å². The van der Waals surface area contributed by atoms with Crippen LogP contribution in [0.5, 0.6) is 0 Å². The third kappa shape index (κ3) is 9.84. The third-order valence-electron chi connectivity index (χ3n) is 1.28. The third-order valence-corrected chi connectivity index (χ3v) is 1.28. The minimum atomic E-state index is 0.691. The van der Waals surface area contributed by atoms with E-state index in [0.717, 1.165) is 26.1 Å². The Kier molecular flexibility index (Phi) is 10.7. The molecule has 4 heteroatoms. The summed E-state index contributed by atoms with van der Waals surface area (Å²) in [5, 5.41) is 0. The van der Waals surface area contributed by atoms with Gasteiger partial charge in [0.1, 0.15) is 0 Å². The van der Waals surface area contributed by atoms with Crippen molar-refractivity contribution in [3.63, 3.8) is 0 Å². The molecule has 4 nitrogen and oxygen atoms in total. The summed E-state index contributed by atoms with van der Waals surface area (Å²) in [5.74, 6) is 0. The predicted octanol–water partition coefficient (Wildman–Crippen LogP) is 1.01. The van der Waals surface area contributed by atoms with Crippen molar-refractivity contribution in [1.82, 2.24) is 0 Å². The molecule has 1 rings (SSSR count). The maximum Gasteiger partial charge on any atom is 0.0823 e. The van der Waals surface area contributed by atoms with Gasteiger partial charge in [-0.2, -0.15) is 0 Å². The van der Waals surface area contributed by atoms with Crippen molar-refractivity contribution >= 4 is 0 Å². The molecule has 12 heavy (non-hydrogen) atoms. The van der Waals surface area contributed by atoms with Crippen LogP contribution in [-0.2, 0) is 19.2 Å². The molecule has 1 aliphatic heterocycles. The molecular weight excluding hydrogens is 160 g/mol. The Hall–Kier alpha value is -0.160. The lowest BCUT2D eigenvalue weighted by Crippen LogP contribution is -2.05. The molecule has 74 valence electrons. The highest BCUT2D eigenvalue weighted by atomic mass is 17.2.